The van der Waals surface area contributed by atoms with Crippen molar-refractivity contribution in [1.29, 1.82) is 0 Å². The van der Waals surface area contributed by atoms with Gasteiger partial charge in [0, 0.05) is 11.6 Å². The van der Waals surface area contributed by atoms with E-state index in [-0.39, 0.29) is 18.1 Å². The molecule has 0 fully saturated rings. The van der Waals surface area contributed by atoms with Crippen molar-refractivity contribution >= 4 is 12.1 Å². The van der Waals surface area contributed by atoms with E-state index in [9.17, 15) is 15.0 Å². The lowest BCUT2D eigenvalue weighted by Gasteiger charge is -2.07. The number of phenolic OH excluding ortho intramolecular Hbond substituents is 2. The van der Waals surface area contributed by atoms with Crippen LogP contribution in [0.25, 0.3) is 0 Å². The van der Waals surface area contributed by atoms with Gasteiger partial charge < -0.3 is 14.9 Å². The van der Waals surface area contributed by atoms with Gasteiger partial charge in [0.05, 0.1) is 6.21 Å². The van der Waals surface area contributed by atoms with Crippen LogP contribution in [-0.2, 0) is 4.79 Å². The summed E-state index contributed by atoms with van der Waals surface area (Å²) in [6, 6.07) is 10.1. The molecule has 120 valence electrons. The Balaban J connectivity index is 1.91. The summed E-state index contributed by atoms with van der Waals surface area (Å²) in [5, 5.41) is 22.9. The Hall–Kier alpha value is -3.02. The molecule has 23 heavy (non-hydrogen) atoms. The van der Waals surface area contributed by atoms with Gasteiger partial charge in [0.15, 0.2) is 6.61 Å². The zero-order valence-electron chi connectivity index (χ0n) is 12.9. The van der Waals surface area contributed by atoms with Crippen LogP contribution >= 0.6 is 0 Å². The third kappa shape index (κ3) is 4.47. The quantitative estimate of drug-likeness (QED) is 0.583. The first-order valence-corrected chi connectivity index (χ1v) is 7.00. The molecule has 2 rings (SSSR count). The molecule has 0 bridgehead atoms. The van der Waals surface area contributed by atoms with Gasteiger partial charge in [-0.15, -0.1) is 0 Å². The maximum Gasteiger partial charge on any atom is 0.277 e. The highest BCUT2D eigenvalue weighted by Gasteiger charge is 2.06. The molecular formula is C17H18N2O4. The van der Waals surface area contributed by atoms with Crippen LogP contribution in [0, 0.1) is 13.8 Å². The van der Waals surface area contributed by atoms with Crippen molar-refractivity contribution < 1.29 is 19.7 Å². The second-order valence-corrected chi connectivity index (χ2v) is 5.04. The molecule has 0 heterocycles. The van der Waals surface area contributed by atoms with E-state index in [2.05, 4.69) is 10.5 Å². The van der Waals surface area contributed by atoms with Crippen LogP contribution in [0.3, 0.4) is 0 Å². The van der Waals surface area contributed by atoms with Gasteiger partial charge >= 0.3 is 0 Å². The first-order valence-electron chi connectivity index (χ1n) is 7.00. The monoisotopic (exact) mass is 314 g/mol. The first kappa shape index (κ1) is 16.4. The fourth-order valence-electron chi connectivity index (χ4n) is 1.99. The van der Waals surface area contributed by atoms with Gasteiger partial charge in [-0.2, -0.15) is 5.10 Å². The number of rotatable bonds is 5. The molecule has 0 saturated heterocycles. The van der Waals surface area contributed by atoms with Crippen LogP contribution in [0.5, 0.6) is 17.2 Å². The molecule has 0 aromatic heterocycles. The Bertz CT molecular complexity index is 718. The predicted octanol–water partition coefficient (Wildman–Crippen LogP) is 2.24. The first-order chi connectivity index (χ1) is 11.0. The largest absolute Gasteiger partial charge is 0.508 e. The van der Waals surface area contributed by atoms with Crippen LogP contribution < -0.4 is 10.2 Å². The van der Waals surface area contributed by atoms with Crippen molar-refractivity contribution in [2.24, 2.45) is 5.10 Å². The summed E-state index contributed by atoms with van der Waals surface area (Å²) in [4.78, 5) is 11.7. The standard InChI is InChI=1S/C17H18N2O4/c1-11-5-3-4-6-16(11)23-10-17(22)19-18-9-14-12(2)7-13(20)8-15(14)21/h3-9,20-21H,10H2,1-2H3,(H,19,22)/b18-9+. The number of aryl methyl sites for hydroxylation is 2. The van der Waals surface area contributed by atoms with Gasteiger partial charge in [0.2, 0.25) is 0 Å². The van der Waals surface area contributed by atoms with Crippen LogP contribution in [0.4, 0.5) is 0 Å². The molecule has 1 amide bonds. The van der Waals surface area contributed by atoms with E-state index in [1.165, 1.54) is 18.3 Å². The molecule has 0 aliphatic rings. The van der Waals surface area contributed by atoms with E-state index in [4.69, 9.17) is 4.74 Å². The summed E-state index contributed by atoms with van der Waals surface area (Å²) in [7, 11) is 0. The molecule has 0 saturated carbocycles. The normalized spacial score (nSPS) is 10.7. The Morgan fingerprint density at radius 3 is 2.65 bits per heavy atom. The highest BCUT2D eigenvalue weighted by molar-refractivity contribution is 5.87. The number of nitrogens with one attached hydrogen (secondary N) is 1. The van der Waals surface area contributed by atoms with Crippen molar-refractivity contribution in [2.75, 3.05) is 6.61 Å². The van der Waals surface area contributed by atoms with E-state index in [1.54, 1.807) is 13.0 Å². The number of ether oxygens (including phenoxy) is 1. The second kappa shape index (κ2) is 7.31. The average Bonchev–Trinajstić information content (AvgIpc) is 2.49. The lowest BCUT2D eigenvalue weighted by molar-refractivity contribution is -0.123. The summed E-state index contributed by atoms with van der Waals surface area (Å²) in [5.41, 5.74) is 4.32. The van der Waals surface area contributed by atoms with Crippen LogP contribution in [0.1, 0.15) is 16.7 Å². The molecule has 0 spiro atoms. The maximum atomic E-state index is 11.7. The van der Waals surface area contributed by atoms with Crippen molar-refractivity contribution in [3.8, 4) is 17.2 Å². The third-order valence-corrected chi connectivity index (χ3v) is 3.19. The number of hydrogen-bond acceptors (Lipinski definition) is 5. The molecule has 0 atom stereocenters. The third-order valence-electron chi connectivity index (χ3n) is 3.19. The minimum atomic E-state index is -0.416. The highest BCUT2D eigenvalue weighted by atomic mass is 16.5. The molecule has 2 aromatic carbocycles. The summed E-state index contributed by atoms with van der Waals surface area (Å²) in [6.07, 6.45) is 1.32. The molecule has 3 N–H and O–H groups in total. The number of aromatic hydroxyl groups is 2. The minimum absolute atomic E-state index is 0.0344. The maximum absolute atomic E-state index is 11.7. The second-order valence-electron chi connectivity index (χ2n) is 5.04. The molecule has 2 aromatic rings. The lowest BCUT2D eigenvalue weighted by atomic mass is 10.1. The molecule has 0 radical (unpaired) electrons. The Labute approximate surface area is 134 Å². The van der Waals surface area contributed by atoms with Crippen LogP contribution in [0.2, 0.25) is 0 Å². The fourth-order valence-corrected chi connectivity index (χ4v) is 1.99. The number of phenols is 2. The molecule has 0 aliphatic heterocycles. The van der Waals surface area contributed by atoms with E-state index in [0.29, 0.717) is 16.9 Å². The average molecular weight is 314 g/mol. The van der Waals surface area contributed by atoms with Gasteiger partial charge in [0.25, 0.3) is 5.91 Å². The number of carbonyl (C=O) groups excluding carboxylic acids is 1. The van der Waals surface area contributed by atoms with E-state index < -0.39 is 5.91 Å². The topological polar surface area (TPSA) is 91.2 Å². The summed E-state index contributed by atoms with van der Waals surface area (Å²) < 4.78 is 5.40. The van der Waals surface area contributed by atoms with Crippen molar-refractivity contribution in [2.45, 2.75) is 13.8 Å². The molecular weight excluding hydrogens is 296 g/mol. The summed E-state index contributed by atoms with van der Waals surface area (Å²) >= 11 is 0. The van der Waals surface area contributed by atoms with E-state index in [0.717, 1.165) is 5.56 Å². The molecule has 6 nitrogen and oxygen atoms in total. The number of hydrazone groups is 1. The van der Waals surface area contributed by atoms with Gasteiger partial charge in [-0.1, -0.05) is 18.2 Å². The number of carbonyl (C=O) groups is 1. The van der Waals surface area contributed by atoms with Crippen LogP contribution in [-0.4, -0.2) is 28.9 Å². The van der Waals surface area contributed by atoms with Gasteiger partial charge in [0.1, 0.15) is 17.2 Å². The highest BCUT2D eigenvalue weighted by Crippen LogP contribution is 2.24. The fraction of sp³-hybridized carbons (Fsp3) is 0.176. The lowest BCUT2D eigenvalue weighted by Crippen LogP contribution is -2.24. The van der Waals surface area contributed by atoms with E-state index in [1.807, 2.05) is 25.1 Å². The molecule has 6 heteroatoms. The smallest absolute Gasteiger partial charge is 0.277 e. The Kier molecular flexibility index (Phi) is 5.19. The van der Waals surface area contributed by atoms with Crippen molar-refractivity contribution in [1.82, 2.24) is 5.43 Å². The Morgan fingerprint density at radius 1 is 1.22 bits per heavy atom. The number of nitrogens with zero attached hydrogens (tertiary/aromatic N) is 1. The molecule has 0 aliphatic carbocycles. The number of para-hydroxylation sites is 1. The van der Waals surface area contributed by atoms with Gasteiger partial charge in [-0.25, -0.2) is 5.43 Å². The van der Waals surface area contributed by atoms with Crippen molar-refractivity contribution in [3.05, 3.63) is 53.1 Å². The van der Waals surface area contributed by atoms with Gasteiger partial charge in [-0.3, -0.25) is 4.79 Å². The molecule has 0 unspecified atom stereocenters. The minimum Gasteiger partial charge on any atom is -0.508 e. The SMILES string of the molecule is Cc1ccccc1OCC(=O)N/N=C/c1c(C)cc(O)cc1O. The predicted molar refractivity (Wildman–Crippen MR) is 86.9 cm³/mol. The van der Waals surface area contributed by atoms with Gasteiger partial charge in [-0.05, 0) is 37.1 Å². The van der Waals surface area contributed by atoms with E-state index >= 15 is 0 Å². The van der Waals surface area contributed by atoms with Crippen LogP contribution in [0.15, 0.2) is 41.5 Å². The number of amides is 1. The zero-order valence-corrected chi connectivity index (χ0v) is 12.9. The zero-order chi connectivity index (χ0) is 16.8. The van der Waals surface area contributed by atoms with Crippen molar-refractivity contribution in [3.63, 3.8) is 0 Å². The number of hydrogen-bond donors (Lipinski definition) is 3. The summed E-state index contributed by atoms with van der Waals surface area (Å²) in [5.74, 6) is 0.0727. The Morgan fingerprint density at radius 2 is 1.96 bits per heavy atom. The number of benzene rings is 2. The summed E-state index contributed by atoms with van der Waals surface area (Å²) in [6.45, 7) is 3.44.